The Morgan fingerprint density at radius 2 is 2.25 bits per heavy atom. The Bertz CT molecular complexity index is 705. The predicted octanol–water partition coefficient (Wildman–Crippen LogP) is 3.10. The van der Waals surface area contributed by atoms with Gasteiger partial charge in [0.25, 0.3) is 0 Å². The highest BCUT2D eigenvalue weighted by Gasteiger charge is 2.32. The van der Waals surface area contributed by atoms with Crippen LogP contribution in [0.2, 0.25) is 0 Å². The van der Waals surface area contributed by atoms with E-state index in [9.17, 15) is 9.59 Å². The first-order valence-electron chi connectivity index (χ1n) is 6.32. The standard InChI is InChI=1S/C15H13NO3S/c1-8-15(20-7-16-8)13-6-14(18)12-5-10(19-9(2)17)3-4-11(12)13/h3-5,7,13H,6H2,1-2H3. The lowest BCUT2D eigenvalue weighted by molar-refractivity contribution is -0.131. The molecule has 1 aromatic carbocycles. The summed E-state index contributed by atoms with van der Waals surface area (Å²) < 4.78 is 5.04. The molecule has 0 aliphatic heterocycles. The number of thiazole rings is 1. The summed E-state index contributed by atoms with van der Waals surface area (Å²) in [6.45, 7) is 3.31. The van der Waals surface area contributed by atoms with E-state index in [1.54, 1.807) is 29.0 Å². The van der Waals surface area contributed by atoms with E-state index in [1.807, 2.05) is 13.0 Å². The second-order valence-electron chi connectivity index (χ2n) is 4.82. The van der Waals surface area contributed by atoms with Gasteiger partial charge in [0.05, 0.1) is 11.2 Å². The highest BCUT2D eigenvalue weighted by molar-refractivity contribution is 7.09. The van der Waals surface area contributed by atoms with Crippen LogP contribution in [0.15, 0.2) is 23.7 Å². The molecule has 0 radical (unpaired) electrons. The van der Waals surface area contributed by atoms with E-state index >= 15 is 0 Å². The molecule has 0 bridgehead atoms. The van der Waals surface area contributed by atoms with Crippen molar-refractivity contribution in [3.63, 3.8) is 0 Å². The molecule has 0 N–H and O–H groups in total. The van der Waals surface area contributed by atoms with Crippen LogP contribution in [0.5, 0.6) is 5.75 Å². The third-order valence-corrected chi connectivity index (χ3v) is 4.50. The number of aromatic nitrogens is 1. The Hall–Kier alpha value is -2.01. The SMILES string of the molecule is CC(=O)Oc1ccc2c(c1)C(=O)CC2c1scnc1C. The Balaban J connectivity index is 2.02. The van der Waals surface area contributed by atoms with Crippen LogP contribution >= 0.6 is 11.3 Å². The Kier molecular flexibility index (Phi) is 3.14. The van der Waals surface area contributed by atoms with Crippen molar-refractivity contribution in [2.75, 3.05) is 0 Å². The molecule has 1 atom stereocenters. The number of ketones is 1. The highest BCUT2D eigenvalue weighted by atomic mass is 32.1. The van der Waals surface area contributed by atoms with Gasteiger partial charge in [-0.2, -0.15) is 0 Å². The molecule has 1 heterocycles. The maximum absolute atomic E-state index is 12.2. The molecular weight excluding hydrogens is 274 g/mol. The van der Waals surface area contributed by atoms with Gasteiger partial charge in [-0.15, -0.1) is 11.3 Å². The molecule has 1 aliphatic rings. The van der Waals surface area contributed by atoms with Crippen LogP contribution in [0.4, 0.5) is 0 Å². The first-order chi connectivity index (χ1) is 9.56. The molecule has 0 saturated carbocycles. The van der Waals surface area contributed by atoms with Crippen molar-refractivity contribution in [1.82, 2.24) is 4.98 Å². The second-order valence-corrected chi connectivity index (χ2v) is 5.71. The fourth-order valence-electron chi connectivity index (χ4n) is 2.59. The first-order valence-corrected chi connectivity index (χ1v) is 7.19. The van der Waals surface area contributed by atoms with E-state index in [0.29, 0.717) is 17.7 Å². The van der Waals surface area contributed by atoms with Gasteiger partial charge in [-0.05, 0) is 24.6 Å². The Labute approximate surface area is 120 Å². The van der Waals surface area contributed by atoms with E-state index in [-0.39, 0.29) is 17.7 Å². The second kappa shape index (κ2) is 4.83. The average molecular weight is 287 g/mol. The number of hydrogen-bond donors (Lipinski definition) is 0. The fraction of sp³-hybridized carbons (Fsp3) is 0.267. The van der Waals surface area contributed by atoms with Crippen LogP contribution in [0.25, 0.3) is 0 Å². The maximum atomic E-state index is 12.2. The number of rotatable bonds is 2. The lowest BCUT2D eigenvalue weighted by Crippen LogP contribution is -2.02. The smallest absolute Gasteiger partial charge is 0.308 e. The number of aryl methyl sites for hydroxylation is 1. The molecule has 1 aliphatic carbocycles. The summed E-state index contributed by atoms with van der Waals surface area (Å²) in [6.07, 6.45) is 0.460. The molecule has 5 heteroatoms. The number of nitrogens with zero attached hydrogens (tertiary/aromatic N) is 1. The number of carbonyl (C=O) groups is 2. The number of esters is 1. The highest BCUT2D eigenvalue weighted by Crippen LogP contribution is 2.41. The third kappa shape index (κ3) is 2.14. The molecule has 20 heavy (non-hydrogen) atoms. The van der Waals surface area contributed by atoms with E-state index in [2.05, 4.69) is 4.98 Å². The topological polar surface area (TPSA) is 56.3 Å². The molecular formula is C15H13NO3S. The van der Waals surface area contributed by atoms with Crippen molar-refractivity contribution in [3.8, 4) is 5.75 Å². The van der Waals surface area contributed by atoms with Gasteiger partial charge in [-0.1, -0.05) is 6.07 Å². The lowest BCUT2D eigenvalue weighted by Gasteiger charge is -2.10. The van der Waals surface area contributed by atoms with Crippen molar-refractivity contribution in [1.29, 1.82) is 0 Å². The average Bonchev–Trinajstić information content (AvgIpc) is 2.93. The predicted molar refractivity (Wildman–Crippen MR) is 75.4 cm³/mol. The summed E-state index contributed by atoms with van der Waals surface area (Å²) in [6, 6.07) is 5.28. The molecule has 4 nitrogen and oxygen atoms in total. The number of hydrogen-bond acceptors (Lipinski definition) is 5. The Morgan fingerprint density at radius 3 is 2.90 bits per heavy atom. The quantitative estimate of drug-likeness (QED) is 0.629. The minimum Gasteiger partial charge on any atom is -0.427 e. The monoisotopic (exact) mass is 287 g/mol. The largest absolute Gasteiger partial charge is 0.427 e. The van der Waals surface area contributed by atoms with Crippen LogP contribution in [-0.2, 0) is 4.79 Å². The van der Waals surface area contributed by atoms with Crippen LogP contribution in [-0.4, -0.2) is 16.7 Å². The normalized spacial score (nSPS) is 17.1. The molecule has 0 saturated heterocycles. The number of benzene rings is 1. The van der Waals surface area contributed by atoms with Gasteiger partial charge in [0.2, 0.25) is 0 Å². The zero-order chi connectivity index (χ0) is 14.3. The zero-order valence-corrected chi connectivity index (χ0v) is 12.0. The molecule has 0 spiro atoms. The van der Waals surface area contributed by atoms with Gasteiger partial charge in [-0.25, -0.2) is 4.98 Å². The van der Waals surface area contributed by atoms with Crippen molar-refractivity contribution in [2.24, 2.45) is 0 Å². The molecule has 1 aromatic heterocycles. The van der Waals surface area contributed by atoms with Gasteiger partial charge < -0.3 is 4.74 Å². The van der Waals surface area contributed by atoms with Gasteiger partial charge >= 0.3 is 5.97 Å². The van der Waals surface area contributed by atoms with E-state index in [4.69, 9.17) is 4.74 Å². The first kappa shape index (κ1) is 13.0. The summed E-state index contributed by atoms with van der Waals surface area (Å²) in [5, 5.41) is 0. The molecule has 2 aromatic rings. The summed E-state index contributed by atoms with van der Waals surface area (Å²) in [4.78, 5) is 28.5. The van der Waals surface area contributed by atoms with Crippen LogP contribution in [0, 0.1) is 6.92 Å². The van der Waals surface area contributed by atoms with Crippen molar-refractivity contribution >= 4 is 23.1 Å². The van der Waals surface area contributed by atoms with Crippen molar-refractivity contribution in [2.45, 2.75) is 26.2 Å². The number of carbonyl (C=O) groups excluding carboxylic acids is 2. The van der Waals surface area contributed by atoms with Gasteiger partial charge in [0.15, 0.2) is 5.78 Å². The molecule has 3 rings (SSSR count). The minimum atomic E-state index is -0.384. The van der Waals surface area contributed by atoms with E-state index < -0.39 is 0 Å². The Morgan fingerprint density at radius 1 is 1.45 bits per heavy atom. The summed E-state index contributed by atoms with van der Waals surface area (Å²) in [5.74, 6) is 0.208. The molecule has 102 valence electrons. The van der Waals surface area contributed by atoms with E-state index in [0.717, 1.165) is 16.1 Å². The van der Waals surface area contributed by atoms with Crippen LogP contribution < -0.4 is 4.74 Å². The number of ether oxygens (including phenoxy) is 1. The lowest BCUT2D eigenvalue weighted by atomic mass is 9.98. The summed E-state index contributed by atoms with van der Waals surface area (Å²) in [7, 11) is 0. The number of Topliss-reactive ketones (excluding diaryl/α,β-unsaturated/α-hetero) is 1. The maximum Gasteiger partial charge on any atom is 0.308 e. The van der Waals surface area contributed by atoms with Crippen molar-refractivity contribution in [3.05, 3.63) is 45.4 Å². The molecule has 1 unspecified atom stereocenters. The van der Waals surface area contributed by atoms with Crippen molar-refractivity contribution < 1.29 is 14.3 Å². The van der Waals surface area contributed by atoms with Gasteiger partial charge in [0, 0.05) is 29.7 Å². The summed E-state index contributed by atoms with van der Waals surface area (Å²) >= 11 is 1.58. The van der Waals surface area contributed by atoms with Gasteiger partial charge in [-0.3, -0.25) is 9.59 Å². The van der Waals surface area contributed by atoms with E-state index in [1.165, 1.54) is 6.92 Å². The number of fused-ring (bicyclic) bond motifs is 1. The summed E-state index contributed by atoms with van der Waals surface area (Å²) in [5.41, 5.74) is 4.44. The molecule has 0 fully saturated rings. The van der Waals surface area contributed by atoms with Crippen LogP contribution in [0.3, 0.4) is 0 Å². The minimum absolute atomic E-state index is 0.0800. The molecule has 0 amide bonds. The fourth-order valence-corrected chi connectivity index (χ4v) is 3.52. The third-order valence-electron chi connectivity index (χ3n) is 3.45. The van der Waals surface area contributed by atoms with Gasteiger partial charge in [0.1, 0.15) is 5.75 Å². The van der Waals surface area contributed by atoms with Crippen LogP contribution in [0.1, 0.15) is 45.8 Å². The zero-order valence-electron chi connectivity index (χ0n) is 11.2.